The van der Waals surface area contributed by atoms with Gasteiger partial charge in [0.25, 0.3) is 0 Å². The fourth-order valence-corrected chi connectivity index (χ4v) is 4.61. The van der Waals surface area contributed by atoms with Crippen LogP contribution < -0.4 is 5.32 Å². The van der Waals surface area contributed by atoms with Crippen LogP contribution in [0.2, 0.25) is 0 Å². The summed E-state index contributed by atoms with van der Waals surface area (Å²) >= 11 is 0. The van der Waals surface area contributed by atoms with E-state index in [1.165, 1.54) is 24.0 Å². The summed E-state index contributed by atoms with van der Waals surface area (Å²) in [5.41, 5.74) is 2.38. The Bertz CT molecular complexity index is 941. The van der Waals surface area contributed by atoms with Gasteiger partial charge in [0, 0.05) is 33.7 Å². The van der Waals surface area contributed by atoms with Gasteiger partial charge < -0.3 is 10.2 Å². The number of hydrogen-bond acceptors (Lipinski definition) is 3. The Morgan fingerprint density at radius 3 is 2.43 bits per heavy atom. The van der Waals surface area contributed by atoms with E-state index >= 15 is 0 Å². The second-order valence-electron chi connectivity index (χ2n) is 7.89. The van der Waals surface area contributed by atoms with Gasteiger partial charge in [-0.3, -0.25) is 0 Å². The molecule has 0 radical (unpaired) electrons. The Kier molecular flexibility index (Phi) is 7.50. The fraction of sp³-hybridized carbons (Fsp3) is 0.435. The smallest absolute Gasteiger partial charge is 0.242 e. The summed E-state index contributed by atoms with van der Waals surface area (Å²) in [6.07, 6.45) is 2.26. The molecule has 2 aromatic rings. The van der Waals surface area contributed by atoms with Crippen molar-refractivity contribution in [3.05, 3.63) is 65.7 Å². The number of sulfonamides is 1. The van der Waals surface area contributed by atoms with Gasteiger partial charge in [-0.25, -0.2) is 17.7 Å². The van der Waals surface area contributed by atoms with Crippen LogP contribution in [0.3, 0.4) is 0 Å². The van der Waals surface area contributed by atoms with Gasteiger partial charge in [-0.05, 0) is 48.9 Å². The molecule has 162 valence electrons. The minimum Gasteiger partial charge on any atom is -0.357 e. The zero-order valence-corrected chi connectivity index (χ0v) is 18.9. The van der Waals surface area contributed by atoms with Crippen molar-refractivity contribution >= 4 is 16.0 Å². The molecular weight excluding hydrogens is 396 g/mol. The first-order valence-electron chi connectivity index (χ1n) is 10.5. The van der Waals surface area contributed by atoms with E-state index in [2.05, 4.69) is 47.5 Å². The molecule has 3 rings (SSSR count). The molecule has 1 atom stereocenters. The SMILES string of the molecule is CCNC(=NCc1ccc(S(=O)(=O)N(C)C)cc1)N1CCC(Cc2ccccc2)C1. The largest absolute Gasteiger partial charge is 0.357 e. The molecule has 0 aromatic heterocycles. The normalized spacial score (nSPS) is 17.5. The highest BCUT2D eigenvalue weighted by Crippen LogP contribution is 2.21. The average molecular weight is 429 g/mol. The molecule has 0 amide bonds. The van der Waals surface area contributed by atoms with E-state index in [-0.39, 0.29) is 0 Å². The summed E-state index contributed by atoms with van der Waals surface area (Å²) in [4.78, 5) is 7.44. The highest BCUT2D eigenvalue weighted by Gasteiger charge is 2.25. The van der Waals surface area contributed by atoms with Crippen LogP contribution >= 0.6 is 0 Å². The van der Waals surface area contributed by atoms with Crippen molar-refractivity contribution in [1.29, 1.82) is 0 Å². The van der Waals surface area contributed by atoms with Crippen LogP contribution in [0.15, 0.2) is 64.5 Å². The van der Waals surface area contributed by atoms with E-state index in [0.717, 1.165) is 44.0 Å². The zero-order valence-electron chi connectivity index (χ0n) is 18.1. The van der Waals surface area contributed by atoms with Crippen LogP contribution in [-0.4, -0.2) is 57.3 Å². The summed E-state index contributed by atoms with van der Waals surface area (Å²) in [6, 6.07) is 17.6. The number of hydrogen-bond donors (Lipinski definition) is 1. The van der Waals surface area contributed by atoms with Crippen molar-refractivity contribution < 1.29 is 8.42 Å². The summed E-state index contributed by atoms with van der Waals surface area (Å²) in [5, 5.41) is 3.40. The molecule has 1 unspecified atom stereocenters. The van der Waals surface area contributed by atoms with E-state index in [4.69, 9.17) is 4.99 Å². The van der Waals surface area contributed by atoms with Gasteiger partial charge in [-0.15, -0.1) is 0 Å². The van der Waals surface area contributed by atoms with Crippen LogP contribution in [-0.2, 0) is 23.0 Å². The number of likely N-dealkylation sites (tertiary alicyclic amines) is 1. The number of nitrogens with zero attached hydrogens (tertiary/aromatic N) is 3. The number of guanidine groups is 1. The molecule has 0 bridgehead atoms. The van der Waals surface area contributed by atoms with Crippen LogP contribution in [0, 0.1) is 5.92 Å². The molecule has 0 aliphatic carbocycles. The van der Waals surface area contributed by atoms with Gasteiger partial charge >= 0.3 is 0 Å². The first-order chi connectivity index (χ1) is 14.4. The molecule has 0 spiro atoms. The first kappa shape index (κ1) is 22.3. The van der Waals surface area contributed by atoms with Crippen LogP contribution in [0.5, 0.6) is 0 Å². The second kappa shape index (κ2) is 10.1. The highest BCUT2D eigenvalue weighted by atomic mass is 32.2. The third-order valence-corrected chi connectivity index (χ3v) is 7.23. The monoisotopic (exact) mass is 428 g/mol. The lowest BCUT2D eigenvalue weighted by molar-refractivity contribution is 0.460. The van der Waals surface area contributed by atoms with E-state index in [0.29, 0.717) is 17.4 Å². The quantitative estimate of drug-likeness (QED) is 0.544. The first-order valence-corrected chi connectivity index (χ1v) is 11.9. The van der Waals surface area contributed by atoms with Crippen molar-refractivity contribution in [3.63, 3.8) is 0 Å². The third kappa shape index (κ3) is 5.61. The van der Waals surface area contributed by atoms with Crippen molar-refractivity contribution in [2.75, 3.05) is 33.7 Å². The minimum absolute atomic E-state index is 0.301. The Morgan fingerprint density at radius 1 is 1.10 bits per heavy atom. The van der Waals surface area contributed by atoms with Crippen molar-refractivity contribution in [3.8, 4) is 0 Å². The zero-order chi connectivity index (χ0) is 21.6. The molecule has 30 heavy (non-hydrogen) atoms. The van der Waals surface area contributed by atoms with E-state index < -0.39 is 10.0 Å². The lowest BCUT2D eigenvalue weighted by Crippen LogP contribution is -2.40. The molecule has 6 nitrogen and oxygen atoms in total. The van der Waals surface area contributed by atoms with Gasteiger partial charge in [-0.2, -0.15) is 0 Å². The number of nitrogens with one attached hydrogen (secondary N) is 1. The lowest BCUT2D eigenvalue weighted by Gasteiger charge is -2.22. The van der Waals surface area contributed by atoms with Gasteiger partial charge in [0.1, 0.15) is 0 Å². The number of benzene rings is 2. The summed E-state index contributed by atoms with van der Waals surface area (Å²) < 4.78 is 25.6. The summed E-state index contributed by atoms with van der Waals surface area (Å²) in [6.45, 7) is 5.42. The molecule has 0 saturated carbocycles. The Morgan fingerprint density at radius 2 is 1.80 bits per heavy atom. The standard InChI is InChI=1S/C23H32N4O2S/c1-4-24-23(27-15-14-21(18-27)16-19-8-6-5-7-9-19)25-17-20-10-12-22(13-11-20)30(28,29)26(2)3/h5-13,21H,4,14-18H2,1-3H3,(H,24,25). The summed E-state index contributed by atoms with van der Waals surface area (Å²) in [7, 11) is -0.324. The second-order valence-corrected chi connectivity index (χ2v) is 10.0. The molecule has 1 fully saturated rings. The Balaban J connectivity index is 1.63. The van der Waals surface area contributed by atoms with Crippen LogP contribution in [0.4, 0.5) is 0 Å². The molecule has 1 saturated heterocycles. The van der Waals surface area contributed by atoms with Crippen LogP contribution in [0.1, 0.15) is 24.5 Å². The molecule has 1 aliphatic heterocycles. The topological polar surface area (TPSA) is 65.0 Å². The van der Waals surface area contributed by atoms with Gasteiger partial charge in [0.05, 0.1) is 11.4 Å². The number of aliphatic imine (C=N–C) groups is 1. The molecular formula is C23H32N4O2S. The van der Waals surface area contributed by atoms with Gasteiger partial charge in [-0.1, -0.05) is 42.5 Å². The number of rotatable bonds is 7. The van der Waals surface area contributed by atoms with Crippen molar-refractivity contribution in [2.45, 2.75) is 31.2 Å². The molecule has 1 N–H and O–H groups in total. The maximum atomic E-state index is 12.2. The maximum absolute atomic E-state index is 12.2. The third-order valence-electron chi connectivity index (χ3n) is 5.40. The fourth-order valence-electron chi connectivity index (χ4n) is 3.71. The molecule has 7 heteroatoms. The average Bonchev–Trinajstić information content (AvgIpc) is 3.20. The predicted molar refractivity (Wildman–Crippen MR) is 122 cm³/mol. The maximum Gasteiger partial charge on any atom is 0.242 e. The van der Waals surface area contributed by atoms with E-state index in [9.17, 15) is 8.42 Å². The molecule has 1 heterocycles. The molecule has 2 aromatic carbocycles. The van der Waals surface area contributed by atoms with Gasteiger partial charge in [0.2, 0.25) is 10.0 Å². The predicted octanol–water partition coefficient (Wildman–Crippen LogP) is 2.97. The Labute approximate surface area is 180 Å². The van der Waals surface area contributed by atoms with Crippen LogP contribution in [0.25, 0.3) is 0 Å². The van der Waals surface area contributed by atoms with Gasteiger partial charge in [0.15, 0.2) is 5.96 Å². The minimum atomic E-state index is -3.40. The highest BCUT2D eigenvalue weighted by molar-refractivity contribution is 7.89. The Hall–Kier alpha value is -2.38. The molecule has 1 aliphatic rings. The lowest BCUT2D eigenvalue weighted by atomic mass is 9.99. The summed E-state index contributed by atoms with van der Waals surface area (Å²) in [5.74, 6) is 1.56. The van der Waals surface area contributed by atoms with E-state index in [1.807, 2.05) is 12.1 Å². The van der Waals surface area contributed by atoms with E-state index in [1.54, 1.807) is 12.1 Å². The van der Waals surface area contributed by atoms with Crippen molar-refractivity contribution in [1.82, 2.24) is 14.5 Å². The van der Waals surface area contributed by atoms with Crippen molar-refractivity contribution in [2.24, 2.45) is 10.9 Å².